The highest BCUT2D eigenvalue weighted by molar-refractivity contribution is 5.58. The van der Waals surface area contributed by atoms with E-state index in [9.17, 15) is 13.2 Å². The minimum absolute atomic E-state index is 0.251. The van der Waals surface area contributed by atoms with Crippen molar-refractivity contribution >= 4 is 5.69 Å². The summed E-state index contributed by atoms with van der Waals surface area (Å²) in [6.45, 7) is 0.251. The molecule has 3 rings (SSSR count). The van der Waals surface area contributed by atoms with Gasteiger partial charge in [0.2, 0.25) is 0 Å². The largest absolute Gasteiger partial charge is 0.416 e. The summed E-state index contributed by atoms with van der Waals surface area (Å²) in [6, 6.07) is 16.3. The number of nitrogens with zero attached hydrogens (tertiary/aromatic N) is 1. The number of anilines is 1. The van der Waals surface area contributed by atoms with Gasteiger partial charge in [-0.25, -0.2) is 0 Å². The van der Waals surface area contributed by atoms with Gasteiger partial charge in [0, 0.05) is 17.3 Å². The van der Waals surface area contributed by atoms with E-state index < -0.39 is 11.7 Å². The molecule has 0 fully saturated rings. The lowest BCUT2D eigenvalue weighted by Crippen LogP contribution is -2.06. The van der Waals surface area contributed by atoms with Crippen LogP contribution in [0.3, 0.4) is 0 Å². The SMILES string of the molecule is FC(F)(F)c1cccc(NCc2cc(-c3ccccc3)no2)c1. The van der Waals surface area contributed by atoms with E-state index in [1.807, 2.05) is 30.3 Å². The predicted molar refractivity (Wildman–Crippen MR) is 80.7 cm³/mol. The third-order valence-corrected chi connectivity index (χ3v) is 3.29. The van der Waals surface area contributed by atoms with Gasteiger partial charge in [0.25, 0.3) is 0 Å². The van der Waals surface area contributed by atoms with Crippen LogP contribution in [-0.2, 0) is 12.7 Å². The molecule has 0 spiro atoms. The number of hydrogen-bond donors (Lipinski definition) is 1. The second-order valence-electron chi connectivity index (χ2n) is 4.98. The minimum atomic E-state index is -4.36. The molecule has 1 N–H and O–H groups in total. The molecule has 0 aliphatic carbocycles. The summed E-state index contributed by atoms with van der Waals surface area (Å²) in [5.74, 6) is 0.543. The summed E-state index contributed by atoms with van der Waals surface area (Å²) in [4.78, 5) is 0. The average molecular weight is 318 g/mol. The Kier molecular flexibility index (Phi) is 4.06. The molecule has 0 atom stereocenters. The molecule has 3 aromatic rings. The molecule has 118 valence electrons. The highest BCUT2D eigenvalue weighted by Crippen LogP contribution is 2.30. The van der Waals surface area contributed by atoms with E-state index >= 15 is 0 Å². The fourth-order valence-electron chi connectivity index (χ4n) is 2.14. The van der Waals surface area contributed by atoms with Gasteiger partial charge in [-0.05, 0) is 18.2 Å². The number of benzene rings is 2. The van der Waals surface area contributed by atoms with Crippen LogP contribution in [0, 0.1) is 0 Å². The Bertz CT molecular complexity index is 782. The van der Waals surface area contributed by atoms with Crippen molar-refractivity contribution in [2.75, 3.05) is 5.32 Å². The van der Waals surface area contributed by atoms with Crippen LogP contribution in [0.2, 0.25) is 0 Å². The number of rotatable bonds is 4. The van der Waals surface area contributed by atoms with Crippen molar-refractivity contribution in [2.24, 2.45) is 0 Å². The molecule has 0 amide bonds. The normalized spacial score (nSPS) is 11.4. The maximum atomic E-state index is 12.7. The van der Waals surface area contributed by atoms with E-state index in [1.54, 1.807) is 12.1 Å². The molecule has 6 heteroatoms. The quantitative estimate of drug-likeness (QED) is 0.738. The summed E-state index contributed by atoms with van der Waals surface area (Å²) in [6.07, 6.45) is -4.36. The van der Waals surface area contributed by atoms with Crippen LogP contribution in [-0.4, -0.2) is 5.16 Å². The topological polar surface area (TPSA) is 38.1 Å². The zero-order valence-electron chi connectivity index (χ0n) is 12.0. The zero-order valence-corrected chi connectivity index (χ0v) is 12.0. The first kappa shape index (κ1) is 15.1. The van der Waals surface area contributed by atoms with Crippen LogP contribution < -0.4 is 5.32 Å². The van der Waals surface area contributed by atoms with Gasteiger partial charge in [-0.3, -0.25) is 0 Å². The van der Waals surface area contributed by atoms with Gasteiger partial charge in [-0.15, -0.1) is 0 Å². The standard InChI is InChI=1S/C17H13F3N2O/c18-17(19,20)13-7-4-8-14(9-13)21-11-15-10-16(22-23-15)12-5-2-1-3-6-12/h1-10,21H,11H2. The van der Waals surface area contributed by atoms with Gasteiger partial charge >= 0.3 is 6.18 Å². The lowest BCUT2D eigenvalue weighted by Gasteiger charge is -2.09. The maximum absolute atomic E-state index is 12.7. The molecule has 2 aromatic carbocycles. The maximum Gasteiger partial charge on any atom is 0.416 e. The highest BCUT2D eigenvalue weighted by atomic mass is 19.4. The van der Waals surface area contributed by atoms with Crippen molar-refractivity contribution in [1.82, 2.24) is 5.16 Å². The first-order chi connectivity index (χ1) is 11.0. The Hall–Kier alpha value is -2.76. The van der Waals surface area contributed by atoms with Crippen molar-refractivity contribution in [2.45, 2.75) is 12.7 Å². The summed E-state index contributed by atoms with van der Waals surface area (Å²) in [7, 11) is 0. The Balaban J connectivity index is 1.69. The van der Waals surface area contributed by atoms with Gasteiger partial charge in [-0.2, -0.15) is 13.2 Å². The lowest BCUT2D eigenvalue weighted by atomic mass is 10.1. The smallest absolute Gasteiger partial charge is 0.378 e. The monoisotopic (exact) mass is 318 g/mol. The van der Waals surface area contributed by atoms with Crippen LogP contribution in [0.5, 0.6) is 0 Å². The summed E-state index contributed by atoms with van der Waals surface area (Å²) in [5.41, 5.74) is 1.29. The van der Waals surface area contributed by atoms with E-state index in [-0.39, 0.29) is 6.54 Å². The molecule has 0 aliphatic rings. The Labute approximate surface area is 130 Å². The van der Waals surface area contributed by atoms with E-state index in [0.29, 0.717) is 17.1 Å². The van der Waals surface area contributed by atoms with Crippen LogP contribution in [0.25, 0.3) is 11.3 Å². The van der Waals surface area contributed by atoms with Crippen molar-refractivity contribution < 1.29 is 17.7 Å². The van der Waals surface area contributed by atoms with Gasteiger partial charge < -0.3 is 9.84 Å². The molecule has 3 nitrogen and oxygen atoms in total. The van der Waals surface area contributed by atoms with Crippen LogP contribution in [0.15, 0.2) is 65.2 Å². The first-order valence-corrected chi connectivity index (χ1v) is 6.94. The fraction of sp³-hybridized carbons (Fsp3) is 0.118. The van der Waals surface area contributed by atoms with Gasteiger partial charge in [-0.1, -0.05) is 41.6 Å². The van der Waals surface area contributed by atoms with Gasteiger partial charge in [0.1, 0.15) is 5.69 Å². The fourth-order valence-corrected chi connectivity index (χ4v) is 2.14. The minimum Gasteiger partial charge on any atom is -0.378 e. The van der Waals surface area contributed by atoms with Crippen molar-refractivity contribution in [3.05, 3.63) is 72.0 Å². The third-order valence-electron chi connectivity index (χ3n) is 3.29. The van der Waals surface area contributed by atoms with E-state index in [1.165, 1.54) is 6.07 Å². The third kappa shape index (κ3) is 3.71. The summed E-state index contributed by atoms with van der Waals surface area (Å²) < 4.78 is 43.2. The Morgan fingerprint density at radius 1 is 0.957 bits per heavy atom. The van der Waals surface area contributed by atoms with E-state index in [2.05, 4.69) is 10.5 Å². The van der Waals surface area contributed by atoms with Crippen molar-refractivity contribution in [1.29, 1.82) is 0 Å². The molecule has 0 saturated heterocycles. The first-order valence-electron chi connectivity index (χ1n) is 6.94. The molecule has 1 heterocycles. The molecule has 0 bridgehead atoms. The van der Waals surface area contributed by atoms with E-state index in [4.69, 9.17) is 4.52 Å². The molecular weight excluding hydrogens is 305 g/mol. The number of aromatic nitrogens is 1. The van der Waals surface area contributed by atoms with Crippen molar-refractivity contribution in [3.8, 4) is 11.3 Å². The Morgan fingerprint density at radius 3 is 2.48 bits per heavy atom. The van der Waals surface area contributed by atoms with Crippen LogP contribution >= 0.6 is 0 Å². The highest BCUT2D eigenvalue weighted by Gasteiger charge is 2.30. The number of alkyl halides is 3. The summed E-state index contributed by atoms with van der Waals surface area (Å²) in [5, 5.41) is 6.87. The number of hydrogen-bond acceptors (Lipinski definition) is 3. The van der Waals surface area contributed by atoms with E-state index in [0.717, 1.165) is 17.7 Å². The molecule has 0 saturated carbocycles. The van der Waals surface area contributed by atoms with Crippen LogP contribution in [0.4, 0.5) is 18.9 Å². The zero-order chi connectivity index (χ0) is 16.3. The predicted octanol–water partition coefficient (Wildman–Crippen LogP) is 4.97. The lowest BCUT2D eigenvalue weighted by molar-refractivity contribution is -0.137. The number of nitrogens with one attached hydrogen (secondary N) is 1. The Morgan fingerprint density at radius 2 is 1.74 bits per heavy atom. The second kappa shape index (κ2) is 6.16. The second-order valence-corrected chi connectivity index (χ2v) is 4.98. The number of halogens is 3. The average Bonchev–Trinajstić information content (AvgIpc) is 3.02. The molecule has 23 heavy (non-hydrogen) atoms. The van der Waals surface area contributed by atoms with Gasteiger partial charge in [0.15, 0.2) is 5.76 Å². The molecular formula is C17H13F3N2O. The molecule has 1 aromatic heterocycles. The summed E-state index contributed by atoms with van der Waals surface area (Å²) >= 11 is 0. The molecule has 0 radical (unpaired) electrons. The van der Waals surface area contributed by atoms with Gasteiger partial charge in [0.05, 0.1) is 12.1 Å². The van der Waals surface area contributed by atoms with Crippen LogP contribution in [0.1, 0.15) is 11.3 Å². The molecule has 0 unspecified atom stereocenters. The van der Waals surface area contributed by atoms with Crippen molar-refractivity contribution in [3.63, 3.8) is 0 Å². The molecule has 0 aliphatic heterocycles.